The highest BCUT2D eigenvalue weighted by molar-refractivity contribution is 7.81. The van der Waals surface area contributed by atoms with E-state index in [4.69, 9.17) is 17.3 Å². The SMILES string of the molecule is C/C=C\CCCCCC[C@@H](C[C@@H]1CCCCCCCCCCC[C@H](OS(=O)(=O)O)C[C@H](OS(=O)(=O)O)CCCCCCCCCCC/C=C\C(=O)O1)OS(=O)(=O)O. The van der Waals surface area contributed by atoms with Crippen LogP contribution in [-0.4, -0.2) is 69.3 Å². The van der Waals surface area contributed by atoms with E-state index in [0.717, 1.165) is 141 Å². The molecule has 0 aliphatic carbocycles. The molecule has 0 saturated heterocycles. The van der Waals surface area contributed by atoms with Crippen LogP contribution >= 0.6 is 0 Å². The summed E-state index contributed by atoms with van der Waals surface area (Å²) in [5.74, 6) is -0.471. The summed E-state index contributed by atoms with van der Waals surface area (Å²) >= 11 is 0. The lowest BCUT2D eigenvalue weighted by Crippen LogP contribution is -2.27. The number of rotatable bonds is 15. The zero-order chi connectivity index (χ0) is 42.3. The molecular weight excluding hydrogens is 801 g/mol. The summed E-state index contributed by atoms with van der Waals surface area (Å²) in [4.78, 5) is 12.8. The number of carbonyl (C=O) groups excluding carboxylic acids is 1. The number of esters is 1. The van der Waals surface area contributed by atoms with Gasteiger partial charge in [0.1, 0.15) is 6.10 Å². The molecule has 0 radical (unpaired) electrons. The summed E-state index contributed by atoms with van der Waals surface area (Å²) in [6.45, 7) is 1.98. The van der Waals surface area contributed by atoms with Crippen molar-refractivity contribution in [3.8, 4) is 0 Å². The van der Waals surface area contributed by atoms with Crippen molar-refractivity contribution in [1.82, 2.24) is 0 Å². The molecule has 0 saturated carbocycles. The van der Waals surface area contributed by atoms with Crippen LogP contribution in [0.25, 0.3) is 0 Å². The van der Waals surface area contributed by atoms with Gasteiger partial charge in [-0.2, -0.15) is 25.3 Å². The first kappa shape index (κ1) is 53.6. The molecule has 0 spiro atoms. The molecule has 4 atom stereocenters. The van der Waals surface area contributed by atoms with Crippen molar-refractivity contribution in [3.05, 3.63) is 24.3 Å². The number of cyclic esters (lactones) is 1. The molecule has 336 valence electrons. The van der Waals surface area contributed by atoms with Crippen molar-refractivity contribution in [2.45, 2.75) is 224 Å². The topological polar surface area (TPSA) is 217 Å². The molecule has 1 rings (SSSR count). The molecule has 14 nitrogen and oxygen atoms in total. The van der Waals surface area contributed by atoms with Crippen LogP contribution < -0.4 is 0 Å². The quantitative estimate of drug-likeness (QED) is 0.0604. The van der Waals surface area contributed by atoms with Crippen LogP contribution in [0.3, 0.4) is 0 Å². The first-order valence-electron chi connectivity index (χ1n) is 21.5. The Morgan fingerprint density at radius 1 is 0.649 bits per heavy atom. The fraction of sp³-hybridized carbons (Fsp3) is 0.875. The number of hydrogen-bond donors (Lipinski definition) is 3. The molecule has 17 heteroatoms. The van der Waals surface area contributed by atoms with Gasteiger partial charge >= 0.3 is 37.2 Å². The molecule has 0 amide bonds. The molecule has 0 aromatic carbocycles. The highest BCUT2D eigenvalue weighted by Crippen LogP contribution is 2.24. The number of allylic oxidation sites excluding steroid dienone is 3. The predicted octanol–water partition coefficient (Wildman–Crippen LogP) is 10.3. The van der Waals surface area contributed by atoms with E-state index in [2.05, 4.69) is 6.08 Å². The van der Waals surface area contributed by atoms with E-state index in [1.54, 1.807) is 0 Å². The molecule has 0 unspecified atom stereocenters. The summed E-state index contributed by atoms with van der Waals surface area (Å²) in [6.07, 6.45) is 27.2. The Balaban J connectivity index is 2.85. The maximum atomic E-state index is 12.8. The minimum atomic E-state index is -4.79. The van der Waals surface area contributed by atoms with Gasteiger partial charge < -0.3 is 4.74 Å². The van der Waals surface area contributed by atoms with E-state index in [0.29, 0.717) is 25.7 Å². The van der Waals surface area contributed by atoms with E-state index >= 15 is 0 Å². The predicted molar refractivity (Wildman–Crippen MR) is 222 cm³/mol. The lowest BCUT2D eigenvalue weighted by atomic mass is 9.99. The summed E-state index contributed by atoms with van der Waals surface area (Å²) in [5.41, 5.74) is 0. The molecule has 0 aromatic heterocycles. The van der Waals surface area contributed by atoms with Gasteiger partial charge in [0.15, 0.2) is 0 Å². The Morgan fingerprint density at radius 3 is 1.58 bits per heavy atom. The van der Waals surface area contributed by atoms with Gasteiger partial charge in [-0.15, -0.1) is 0 Å². The Kier molecular flexibility index (Phi) is 30.4. The highest BCUT2D eigenvalue weighted by atomic mass is 32.3. The number of ether oxygens (including phenoxy) is 1. The molecule has 3 N–H and O–H groups in total. The van der Waals surface area contributed by atoms with Crippen molar-refractivity contribution in [2.75, 3.05) is 0 Å². The molecule has 1 aliphatic heterocycles. The summed E-state index contributed by atoms with van der Waals surface area (Å²) in [6, 6.07) is 0. The van der Waals surface area contributed by atoms with Crippen LogP contribution in [0.2, 0.25) is 0 Å². The number of hydrogen-bond acceptors (Lipinski definition) is 11. The van der Waals surface area contributed by atoms with E-state index in [-0.39, 0.29) is 25.7 Å². The van der Waals surface area contributed by atoms with Crippen LogP contribution in [0.5, 0.6) is 0 Å². The summed E-state index contributed by atoms with van der Waals surface area (Å²) in [5, 5.41) is 0. The number of unbranched alkanes of at least 4 members (excludes halogenated alkanes) is 4. The lowest BCUT2D eigenvalue weighted by Gasteiger charge is -2.23. The zero-order valence-electron chi connectivity index (χ0n) is 34.4. The van der Waals surface area contributed by atoms with Crippen molar-refractivity contribution >= 4 is 37.2 Å². The average Bonchev–Trinajstić information content (AvgIpc) is 3.09. The molecule has 1 aliphatic rings. The van der Waals surface area contributed by atoms with Crippen molar-refractivity contribution in [3.63, 3.8) is 0 Å². The number of carbonyl (C=O) groups is 1. The Morgan fingerprint density at radius 2 is 1.11 bits per heavy atom. The Hall–Kier alpha value is -1.44. The second-order valence-corrected chi connectivity index (χ2v) is 18.6. The third-order valence-corrected chi connectivity index (χ3v) is 11.7. The van der Waals surface area contributed by atoms with Crippen LogP contribution in [0.4, 0.5) is 0 Å². The standard InChI is InChI=1S/C40H74O14S3/c1-2-3-4-5-14-20-25-30-37(52-55(42,43)44)34-36-29-24-19-15-11-9-12-17-22-27-32-39(54-57(48,49)50)35-38(53-56(45,46)47)31-26-21-16-10-7-6-8-13-18-23-28-33-40(41)51-36/h2-3,28,33,36-39H,4-27,29-32,34-35H2,1H3,(H,42,43,44)(H,45,46,47)(H,48,49,50)/b3-2-,33-28-/t36-,37-,38+,39-/m0/s1. The molecule has 0 aromatic rings. The second-order valence-electron chi connectivity index (χ2n) is 15.4. The summed E-state index contributed by atoms with van der Waals surface area (Å²) in [7, 11) is -14.2. The third-order valence-electron chi connectivity index (χ3n) is 10.2. The monoisotopic (exact) mass is 874 g/mol. The minimum Gasteiger partial charge on any atom is -0.459 e. The second kappa shape index (κ2) is 32.3. The van der Waals surface area contributed by atoms with Gasteiger partial charge in [0, 0.05) is 18.9 Å². The van der Waals surface area contributed by atoms with Gasteiger partial charge in [-0.05, 0) is 64.7 Å². The van der Waals surface area contributed by atoms with E-state index in [1.165, 1.54) is 6.08 Å². The van der Waals surface area contributed by atoms with Crippen LogP contribution in [0, 0.1) is 0 Å². The fourth-order valence-electron chi connectivity index (χ4n) is 7.33. The molecular formula is C40H74O14S3. The van der Waals surface area contributed by atoms with Gasteiger partial charge in [0.25, 0.3) is 0 Å². The third kappa shape index (κ3) is 36.2. The smallest absolute Gasteiger partial charge is 0.397 e. The first-order chi connectivity index (χ1) is 27.1. The van der Waals surface area contributed by atoms with Crippen LogP contribution in [0.15, 0.2) is 24.3 Å². The van der Waals surface area contributed by atoms with Gasteiger partial charge in [-0.1, -0.05) is 140 Å². The molecule has 0 bridgehead atoms. The maximum Gasteiger partial charge on any atom is 0.397 e. The van der Waals surface area contributed by atoms with Gasteiger partial charge in [0.05, 0.1) is 18.3 Å². The van der Waals surface area contributed by atoms with Crippen molar-refractivity contribution in [2.24, 2.45) is 0 Å². The average molecular weight is 875 g/mol. The normalized spacial score (nSPS) is 24.0. The lowest BCUT2D eigenvalue weighted by molar-refractivity contribution is -0.144. The van der Waals surface area contributed by atoms with Gasteiger partial charge in [-0.3, -0.25) is 13.7 Å². The van der Waals surface area contributed by atoms with Crippen LogP contribution in [0.1, 0.15) is 200 Å². The van der Waals surface area contributed by atoms with Gasteiger partial charge in [0.2, 0.25) is 0 Å². The van der Waals surface area contributed by atoms with Crippen molar-refractivity contribution < 1.29 is 61.0 Å². The Bertz CT molecular complexity index is 1410. The molecule has 57 heavy (non-hydrogen) atoms. The Labute approximate surface area is 345 Å². The first-order valence-corrected chi connectivity index (χ1v) is 25.6. The molecule has 0 fully saturated rings. The van der Waals surface area contributed by atoms with E-state index in [1.807, 2.05) is 19.1 Å². The molecule has 1 heterocycles. The summed E-state index contributed by atoms with van der Waals surface area (Å²) < 4.78 is 118. The van der Waals surface area contributed by atoms with E-state index in [9.17, 15) is 43.7 Å². The zero-order valence-corrected chi connectivity index (χ0v) is 36.8. The maximum absolute atomic E-state index is 12.8. The largest absolute Gasteiger partial charge is 0.459 e. The minimum absolute atomic E-state index is 0.111. The fourth-order valence-corrected chi connectivity index (χ4v) is 8.89. The van der Waals surface area contributed by atoms with Gasteiger partial charge in [-0.25, -0.2) is 17.3 Å². The van der Waals surface area contributed by atoms with Crippen molar-refractivity contribution in [1.29, 1.82) is 0 Å². The van der Waals surface area contributed by atoms with E-state index < -0.39 is 61.6 Å². The highest BCUT2D eigenvalue weighted by Gasteiger charge is 2.26. The van der Waals surface area contributed by atoms with Crippen LogP contribution in [-0.2, 0) is 53.3 Å².